The van der Waals surface area contributed by atoms with Gasteiger partial charge in [-0.3, -0.25) is 0 Å². The maximum atomic E-state index is 2.73. The van der Waals surface area contributed by atoms with Crippen molar-refractivity contribution in [2.75, 3.05) is 4.90 Å². The summed E-state index contributed by atoms with van der Waals surface area (Å²) in [6.07, 6.45) is 7.69. The van der Waals surface area contributed by atoms with Gasteiger partial charge in [-0.2, -0.15) is 0 Å². The molecule has 9 aromatic carbocycles. The maximum Gasteiger partial charge on any atom is 0.0904 e. The lowest BCUT2D eigenvalue weighted by molar-refractivity contribution is 0.469. The van der Waals surface area contributed by atoms with Crippen molar-refractivity contribution in [3.05, 3.63) is 275 Å². The first-order valence-electron chi connectivity index (χ1n) is 25.5. The van der Waals surface area contributed by atoms with Gasteiger partial charge in [-0.1, -0.05) is 208 Å². The van der Waals surface area contributed by atoms with E-state index in [1.165, 1.54) is 122 Å². The minimum atomic E-state index is -0.569. The predicted octanol–water partition coefficient (Wildman–Crippen LogP) is 17.2. The molecule has 71 heavy (non-hydrogen) atoms. The maximum absolute atomic E-state index is 2.73. The van der Waals surface area contributed by atoms with Crippen molar-refractivity contribution in [1.29, 1.82) is 0 Å². The zero-order chi connectivity index (χ0) is 47.4. The van der Waals surface area contributed by atoms with Gasteiger partial charge < -0.3 is 9.47 Å². The smallest absolute Gasteiger partial charge is 0.0904 e. The first kappa shape index (κ1) is 40.7. The molecule has 2 heteroatoms. The van der Waals surface area contributed by atoms with Crippen molar-refractivity contribution in [3.8, 4) is 39.1 Å². The van der Waals surface area contributed by atoms with Crippen molar-refractivity contribution < 1.29 is 0 Å². The van der Waals surface area contributed by atoms with Gasteiger partial charge in [0.1, 0.15) is 0 Å². The van der Waals surface area contributed by atoms with Gasteiger partial charge in [0.05, 0.1) is 27.7 Å². The van der Waals surface area contributed by atoms with E-state index in [1.807, 2.05) is 0 Å². The Balaban J connectivity index is 0.998. The normalized spacial score (nSPS) is 23.0. The van der Waals surface area contributed by atoms with Crippen molar-refractivity contribution in [2.45, 2.75) is 44.1 Å². The van der Waals surface area contributed by atoms with E-state index in [1.54, 1.807) is 0 Å². The van der Waals surface area contributed by atoms with Crippen LogP contribution in [0, 0.1) is 11.8 Å². The van der Waals surface area contributed by atoms with Gasteiger partial charge in [-0.15, -0.1) is 0 Å². The summed E-state index contributed by atoms with van der Waals surface area (Å²) in [5.74, 6) is 0.512. The van der Waals surface area contributed by atoms with Crippen LogP contribution in [0.25, 0.3) is 66.4 Å². The lowest BCUT2D eigenvalue weighted by Gasteiger charge is -2.60. The quantitative estimate of drug-likeness (QED) is 0.160. The molecule has 5 atom stereocenters. The van der Waals surface area contributed by atoms with E-state index in [9.17, 15) is 0 Å². The second-order valence-corrected chi connectivity index (χ2v) is 21.1. The van der Waals surface area contributed by atoms with Gasteiger partial charge in [0.2, 0.25) is 0 Å². The summed E-state index contributed by atoms with van der Waals surface area (Å²) in [6.45, 7) is 9.92. The third-order valence-electron chi connectivity index (χ3n) is 17.5. The molecule has 0 saturated carbocycles. The van der Waals surface area contributed by atoms with Gasteiger partial charge in [0.15, 0.2) is 0 Å². The zero-order valence-corrected chi connectivity index (χ0v) is 40.5. The summed E-state index contributed by atoms with van der Waals surface area (Å²) in [5.41, 5.74) is 24.7. The average Bonchev–Trinajstić information content (AvgIpc) is 3.94. The highest BCUT2D eigenvalue weighted by molar-refractivity contribution is 6.13. The molecule has 3 heterocycles. The Bertz CT molecular complexity index is 4010. The summed E-state index contributed by atoms with van der Waals surface area (Å²) in [4.78, 5) is 2.73. The van der Waals surface area contributed by atoms with Crippen LogP contribution in [0.15, 0.2) is 242 Å². The minimum Gasteiger partial charge on any atom is -0.327 e. The Morgan fingerprint density at radius 3 is 1.89 bits per heavy atom. The first-order valence-corrected chi connectivity index (χ1v) is 25.5. The van der Waals surface area contributed by atoms with Gasteiger partial charge in [0, 0.05) is 27.6 Å². The number of benzene rings is 9. The highest BCUT2D eigenvalue weighted by atomic mass is 15.2. The molecule has 10 aromatic rings. The van der Waals surface area contributed by atoms with Crippen LogP contribution in [-0.2, 0) is 10.8 Å². The lowest BCUT2D eigenvalue weighted by atomic mass is 9.53. The Hall–Kier alpha value is -8.20. The van der Waals surface area contributed by atoms with Crippen LogP contribution in [-0.4, -0.2) is 10.1 Å². The molecule has 338 valence electrons. The van der Waals surface area contributed by atoms with E-state index in [2.05, 4.69) is 268 Å². The molecule has 3 aliphatic carbocycles. The SMILES string of the molecule is CC1C=CC2(C)C3=C1C(C)C=C(c1ccc4c(c1)-c1ccccc1C41c4ccccc4-n4c5ccccc5c5cccc1c54)C3(C)N(c1cccc(-c3ccccc3)c1)c1ccc(-c3ccccc3)cc12. The van der Waals surface area contributed by atoms with Crippen molar-refractivity contribution in [3.63, 3.8) is 0 Å². The summed E-state index contributed by atoms with van der Waals surface area (Å²) in [6, 6.07) is 80.4. The number of nitrogens with zero attached hydrogens (tertiary/aromatic N) is 2. The molecule has 1 aromatic heterocycles. The number of hydrogen-bond donors (Lipinski definition) is 0. The van der Waals surface area contributed by atoms with Crippen molar-refractivity contribution in [2.24, 2.45) is 11.8 Å². The van der Waals surface area contributed by atoms with E-state index in [4.69, 9.17) is 0 Å². The summed E-state index contributed by atoms with van der Waals surface area (Å²) < 4.78 is 2.54. The van der Waals surface area contributed by atoms with Gasteiger partial charge in [0.25, 0.3) is 0 Å². The zero-order valence-electron chi connectivity index (χ0n) is 40.5. The van der Waals surface area contributed by atoms with Crippen molar-refractivity contribution >= 4 is 38.8 Å². The molecular formula is C69H52N2. The number of hydrogen-bond acceptors (Lipinski definition) is 1. The van der Waals surface area contributed by atoms with Crippen LogP contribution < -0.4 is 4.90 Å². The van der Waals surface area contributed by atoms with E-state index in [0.717, 1.165) is 0 Å². The molecule has 0 saturated heterocycles. The molecule has 15 rings (SSSR count). The summed E-state index contributed by atoms with van der Waals surface area (Å²) in [5, 5.41) is 2.60. The standard InChI is InChI=1S/C69H52N2/c1-43-37-38-67(3)60-42-48(46-21-9-6-10-22-46)34-36-63(60)71(50-24-17-23-47(40-50)45-19-7-5-8-20-45)68(4)59(39-44(2)64(43)66(67)68)49-33-35-56-54(41-49)51-25-11-13-28-55(51)69(56)57-29-14-16-32-62(57)70-61-31-15-12-26-52(61)53-27-18-30-58(69)65(53)70/h5-44H,1-4H3. The Morgan fingerprint density at radius 1 is 0.437 bits per heavy atom. The summed E-state index contributed by atoms with van der Waals surface area (Å²) >= 11 is 0. The van der Waals surface area contributed by atoms with Gasteiger partial charge in [-0.25, -0.2) is 0 Å². The van der Waals surface area contributed by atoms with E-state index >= 15 is 0 Å². The Kier molecular flexibility index (Phi) is 8.27. The fourth-order valence-electron chi connectivity index (χ4n) is 14.7. The molecule has 5 unspecified atom stereocenters. The second-order valence-electron chi connectivity index (χ2n) is 21.1. The highest BCUT2D eigenvalue weighted by Gasteiger charge is 2.58. The number of para-hydroxylation sites is 3. The molecule has 0 N–H and O–H groups in total. The Morgan fingerprint density at radius 2 is 1.07 bits per heavy atom. The second kappa shape index (κ2) is 14.4. The van der Waals surface area contributed by atoms with Crippen LogP contribution in [0.3, 0.4) is 0 Å². The van der Waals surface area contributed by atoms with E-state index in [0.29, 0.717) is 0 Å². The van der Waals surface area contributed by atoms with Crippen LogP contribution in [0.1, 0.15) is 61.1 Å². The van der Waals surface area contributed by atoms with E-state index in [-0.39, 0.29) is 17.3 Å². The molecule has 5 aliphatic rings. The van der Waals surface area contributed by atoms with Crippen LogP contribution in [0.5, 0.6) is 0 Å². The molecule has 0 bridgehead atoms. The fourth-order valence-corrected chi connectivity index (χ4v) is 14.7. The molecule has 0 amide bonds. The third-order valence-corrected chi connectivity index (χ3v) is 17.5. The van der Waals surface area contributed by atoms with Crippen molar-refractivity contribution in [1.82, 2.24) is 4.57 Å². The summed E-state index contributed by atoms with van der Waals surface area (Å²) in [7, 11) is 0. The van der Waals surface area contributed by atoms with Gasteiger partial charge in [-0.05, 0) is 146 Å². The molecule has 1 spiro atoms. The Labute approximate surface area is 416 Å². The van der Waals surface area contributed by atoms with Crippen LogP contribution in [0.4, 0.5) is 11.4 Å². The molecular weight excluding hydrogens is 857 g/mol. The third kappa shape index (κ3) is 5.17. The topological polar surface area (TPSA) is 8.17 Å². The number of rotatable bonds is 4. The fraction of sp³-hybridized carbons (Fsp3) is 0.130. The monoisotopic (exact) mass is 908 g/mol. The van der Waals surface area contributed by atoms with Crippen LogP contribution in [0.2, 0.25) is 0 Å². The number of aromatic nitrogens is 1. The average molecular weight is 909 g/mol. The highest BCUT2D eigenvalue weighted by Crippen LogP contribution is 2.66. The molecule has 2 nitrogen and oxygen atoms in total. The number of anilines is 2. The molecule has 2 aliphatic heterocycles. The molecule has 0 fully saturated rings. The largest absolute Gasteiger partial charge is 0.327 e. The first-order chi connectivity index (χ1) is 34.8. The van der Waals surface area contributed by atoms with Gasteiger partial charge >= 0.3 is 0 Å². The number of allylic oxidation sites excluding steroid dienone is 4. The lowest BCUT2D eigenvalue weighted by Crippen LogP contribution is -2.58. The van der Waals surface area contributed by atoms with E-state index < -0.39 is 11.0 Å². The molecule has 0 radical (unpaired) electrons. The number of fused-ring (bicyclic) bond motifs is 14. The minimum absolute atomic E-state index is 0.223. The van der Waals surface area contributed by atoms with Crippen LogP contribution >= 0.6 is 0 Å². The predicted molar refractivity (Wildman–Crippen MR) is 296 cm³/mol.